The number of rotatable bonds is 5. The summed E-state index contributed by atoms with van der Waals surface area (Å²) in [6, 6.07) is 9.27. The number of benzene rings is 2. The number of amides is 1. The zero-order valence-corrected chi connectivity index (χ0v) is 13.7. The summed E-state index contributed by atoms with van der Waals surface area (Å²) in [5.74, 6) is -0.380. The molecule has 0 unspecified atom stereocenters. The third-order valence-electron chi connectivity index (χ3n) is 3.31. The fourth-order valence-electron chi connectivity index (χ4n) is 2.07. The van der Waals surface area contributed by atoms with E-state index in [0.29, 0.717) is 23.4 Å². The first kappa shape index (κ1) is 17.2. The van der Waals surface area contributed by atoms with Gasteiger partial charge in [0.25, 0.3) is 0 Å². The van der Waals surface area contributed by atoms with Crippen LogP contribution in [0.15, 0.2) is 36.4 Å². The van der Waals surface area contributed by atoms with Crippen LogP contribution in [0.5, 0.6) is 11.5 Å². The van der Waals surface area contributed by atoms with E-state index in [2.05, 4.69) is 5.32 Å². The second kappa shape index (κ2) is 7.44. The quantitative estimate of drug-likeness (QED) is 0.836. The number of ether oxygens (including phenoxy) is 1. The fourth-order valence-corrected chi connectivity index (χ4v) is 2.26. The maximum Gasteiger partial charge on any atom is 0.221 e. The van der Waals surface area contributed by atoms with Crippen molar-refractivity contribution in [2.45, 2.75) is 26.3 Å². The number of carbonyl (C=O) groups excluding carboxylic acids is 1. The van der Waals surface area contributed by atoms with Crippen molar-refractivity contribution < 1.29 is 13.9 Å². The van der Waals surface area contributed by atoms with E-state index < -0.39 is 11.9 Å². The molecule has 2 rings (SSSR count). The van der Waals surface area contributed by atoms with Crippen LogP contribution < -0.4 is 15.8 Å². The summed E-state index contributed by atoms with van der Waals surface area (Å²) in [6.45, 7) is 3.29. The Labute approximate surface area is 139 Å². The zero-order chi connectivity index (χ0) is 17.0. The minimum absolute atomic E-state index is 0.0552. The van der Waals surface area contributed by atoms with E-state index >= 15 is 0 Å². The third kappa shape index (κ3) is 4.21. The van der Waals surface area contributed by atoms with Crippen molar-refractivity contribution in [3.05, 3.63) is 52.8 Å². The molecular weight excluding hydrogens is 319 g/mol. The van der Waals surface area contributed by atoms with Crippen molar-refractivity contribution in [2.24, 2.45) is 5.73 Å². The van der Waals surface area contributed by atoms with Gasteiger partial charge in [-0.3, -0.25) is 4.79 Å². The van der Waals surface area contributed by atoms with E-state index in [1.807, 2.05) is 6.92 Å². The van der Waals surface area contributed by atoms with E-state index in [9.17, 15) is 9.18 Å². The van der Waals surface area contributed by atoms with Crippen LogP contribution in [-0.2, 0) is 4.79 Å². The highest BCUT2D eigenvalue weighted by molar-refractivity contribution is 6.32. The molecule has 2 aromatic rings. The summed E-state index contributed by atoms with van der Waals surface area (Å²) >= 11 is 6.04. The number of hydrogen-bond acceptors (Lipinski definition) is 3. The minimum Gasteiger partial charge on any atom is -0.453 e. The Balaban J connectivity index is 2.27. The Kier molecular flexibility index (Phi) is 5.58. The van der Waals surface area contributed by atoms with Crippen LogP contribution in [0.2, 0.25) is 5.02 Å². The second-order valence-corrected chi connectivity index (χ2v) is 5.51. The molecule has 6 heteroatoms. The van der Waals surface area contributed by atoms with Crippen molar-refractivity contribution >= 4 is 23.2 Å². The Morgan fingerprint density at radius 1 is 1.30 bits per heavy atom. The van der Waals surface area contributed by atoms with Gasteiger partial charge in [0.2, 0.25) is 5.91 Å². The molecular formula is C17H18ClFN2O2. The average molecular weight is 337 g/mol. The van der Waals surface area contributed by atoms with Gasteiger partial charge in [0.05, 0.1) is 5.02 Å². The topological polar surface area (TPSA) is 64.3 Å². The molecule has 4 nitrogen and oxygen atoms in total. The predicted molar refractivity (Wildman–Crippen MR) is 89.4 cm³/mol. The molecule has 2 aromatic carbocycles. The van der Waals surface area contributed by atoms with Crippen LogP contribution in [0.1, 0.15) is 31.9 Å². The van der Waals surface area contributed by atoms with Crippen LogP contribution in [0.3, 0.4) is 0 Å². The Bertz CT molecular complexity index is 704. The molecule has 0 aliphatic heterocycles. The first-order valence-electron chi connectivity index (χ1n) is 7.21. The summed E-state index contributed by atoms with van der Waals surface area (Å²) in [4.78, 5) is 11.0. The van der Waals surface area contributed by atoms with Gasteiger partial charge < -0.3 is 15.8 Å². The molecule has 0 bridgehead atoms. The lowest BCUT2D eigenvalue weighted by Gasteiger charge is -2.15. The molecule has 0 fully saturated rings. The first-order valence-corrected chi connectivity index (χ1v) is 7.59. The molecule has 0 aromatic heterocycles. The average Bonchev–Trinajstić information content (AvgIpc) is 2.52. The van der Waals surface area contributed by atoms with Crippen LogP contribution in [0, 0.1) is 5.82 Å². The molecule has 0 saturated carbocycles. The van der Waals surface area contributed by atoms with Gasteiger partial charge in [-0.25, -0.2) is 4.39 Å². The number of anilines is 1. The van der Waals surface area contributed by atoms with E-state index in [4.69, 9.17) is 22.1 Å². The molecule has 0 heterocycles. The largest absolute Gasteiger partial charge is 0.453 e. The van der Waals surface area contributed by atoms with Crippen molar-refractivity contribution in [2.75, 3.05) is 5.32 Å². The van der Waals surface area contributed by atoms with Crippen LogP contribution >= 0.6 is 11.6 Å². The Morgan fingerprint density at radius 3 is 2.52 bits per heavy atom. The lowest BCUT2D eigenvalue weighted by Crippen LogP contribution is -2.11. The summed E-state index contributed by atoms with van der Waals surface area (Å²) in [5, 5.41) is 2.81. The lowest BCUT2D eigenvalue weighted by atomic mass is 10.0. The normalized spacial score (nSPS) is 11.9. The van der Waals surface area contributed by atoms with Crippen molar-refractivity contribution in [1.82, 2.24) is 0 Å². The van der Waals surface area contributed by atoms with Gasteiger partial charge in [-0.15, -0.1) is 0 Å². The Morgan fingerprint density at radius 2 is 1.96 bits per heavy atom. The summed E-state index contributed by atoms with van der Waals surface area (Å²) in [7, 11) is 0. The smallest absolute Gasteiger partial charge is 0.221 e. The van der Waals surface area contributed by atoms with Gasteiger partial charge in [0, 0.05) is 24.2 Å². The number of nitrogens with two attached hydrogens (primary N) is 1. The molecule has 0 radical (unpaired) electrons. The number of hydrogen-bond donors (Lipinski definition) is 2. The molecule has 1 amide bonds. The fraction of sp³-hybridized carbons (Fsp3) is 0.235. The van der Waals surface area contributed by atoms with Crippen molar-refractivity contribution in [3.63, 3.8) is 0 Å². The molecule has 0 spiro atoms. The highest BCUT2D eigenvalue weighted by Gasteiger charge is 2.18. The van der Waals surface area contributed by atoms with Crippen molar-refractivity contribution in [3.8, 4) is 11.5 Å². The van der Waals surface area contributed by atoms with E-state index in [-0.39, 0.29) is 16.7 Å². The molecule has 1 atom stereocenters. The SMILES string of the molecule is CC[C@@H](N)c1ccc(Cl)c(Oc2ccc(NC(C)=O)cc2)c1F. The molecule has 0 saturated heterocycles. The monoisotopic (exact) mass is 336 g/mol. The molecule has 122 valence electrons. The van der Waals surface area contributed by atoms with Crippen LogP contribution in [0.25, 0.3) is 0 Å². The molecule has 3 N–H and O–H groups in total. The van der Waals surface area contributed by atoms with Crippen LogP contribution in [0.4, 0.5) is 10.1 Å². The van der Waals surface area contributed by atoms with Gasteiger partial charge in [0.15, 0.2) is 11.6 Å². The number of halogens is 2. The van der Waals surface area contributed by atoms with Gasteiger partial charge >= 0.3 is 0 Å². The second-order valence-electron chi connectivity index (χ2n) is 5.10. The van der Waals surface area contributed by atoms with Crippen LogP contribution in [-0.4, -0.2) is 5.91 Å². The van der Waals surface area contributed by atoms with Crippen molar-refractivity contribution in [1.29, 1.82) is 0 Å². The highest BCUT2D eigenvalue weighted by Crippen LogP contribution is 2.36. The standard InChI is InChI=1S/C17H18ClFN2O2/c1-3-15(20)13-8-9-14(18)17(16(13)19)23-12-6-4-11(5-7-12)21-10(2)22/h4-9,15H,3,20H2,1-2H3,(H,21,22)/t15-/m1/s1. The maximum atomic E-state index is 14.6. The van der Waals surface area contributed by atoms with E-state index in [0.717, 1.165) is 0 Å². The predicted octanol–water partition coefficient (Wildman–Crippen LogP) is 4.64. The van der Waals surface area contributed by atoms with Gasteiger partial charge in [0.1, 0.15) is 5.75 Å². The summed E-state index contributed by atoms with van der Waals surface area (Å²) in [6.07, 6.45) is 0.601. The van der Waals surface area contributed by atoms with Gasteiger partial charge in [-0.2, -0.15) is 0 Å². The molecule has 0 aliphatic rings. The highest BCUT2D eigenvalue weighted by atomic mass is 35.5. The Hall–Kier alpha value is -2.11. The number of carbonyl (C=O) groups is 1. The lowest BCUT2D eigenvalue weighted by molar-refractivity contribution is -0.114. The van der Waals surface area contributed by atoms with Gasteiger partial charge in [-0.1, -0.05) is 24.6 Å². The first-order chi connectivity index (χ1) is 10.9. The minimum atomic E-state index is -0.558. The zero-order valence-electron chi connectivity index (χ0n) is 12.9. The summed E-state index contributed by atoms with van der Waals surface area (Å²) in [5.41, 5.74) is 6.88. The number of nitrogens with one attached hydrogen (secondary N) is 1. The van der Waals surface area contributed by atoms with E-state index in [1.165, 1.54) is 6.92 Å². The maximum absolute atomic E-state index is 14.6. The summed E-state index contributed by atoms with van der Waals surface area (Å²) < 4.78 is 20.1. The molecule has 23 heavy (non-hydrogen) atoms. The third-order valence-corrected chi connectivity index (χ3v) is 3.61. The molecule has 0 aliphatic carbocycles. The van der Waals surface area contributed by atoms with Gasteiger partial charge in [-0.05, 0) is 36.8 Å². The van der Waals surface area contributed by atoms with E-state index in [1.54, 1.807) is 36.4 Å².